The molecule has 1 N–H and O–H groups in total. The lowest BCUT2D eigenvalue weighted by Crippen LogP contribution is -2.42. The number of ether oxygens (including phenoxy) is 1. The molecule has 2 aromatic heterocycles. The number of anilines is 1. The summed E-state index contributed by atoms with van der Waals surface area (Å²) in [4.78, 5) is 24.1. The molecule has 1 aromatic carbocycles. The van der Waals surface area contributed by atoms with Gasteiger partial charge in [-0.1, -0.05) is 0 Å². The Morgan fingerprint density at radius 3 is 2.86 bits per heavy atom. The third-order valence-corrected chi connectivity index (χ3v) is 5.55. The van der Waals surface area contributed by atoms with E-state index in [4.69, 9.17) is 4.74 Å². The van der Waals surface area contributed by atoms with Gasteiger partial charge >= 0.3 is 0 Å². The van der Waals surface area contributed by atoms with Crippen molar-refractivity contribution in [3.05, 3.63) is 48.2 Å². The van der Waals surface area contributed by atoms with E-state index in [1.54, 1.807) is 12.4 Å². The Balaban J connectivity index is 1.43. The van der Waals surface area contributed by atoms with Gasteiger partial charge in [0.15, 0.2) is 0 Å². The van der Waals surface area contributed by atoms with Crippen LogP contribution in [-0.2, 0) is 16.0 Å². The van der Waals surface area contributed by atoms with Gasteiger partial charge in [0.05, 0.1) is 36.5 Å². The summed E-state index contributed by atoms with van der Waals surface area (Å²) in [5.41, 5.74) is 3.70. The van der Waals surface area contributed by atoms with E-state index in [0.29, 0.717) is 18.5 Å². The van der Waals surface area contributed by atoms with Crippen LogP contribution in [0.2, 0.25) is 0 Å². The van der Waals surface area contributed by atoms with Crippen molar-refractivity contribution in [2.75, 3.05) is 44.3 Å². The SMILES string of the molecule is O=C1Cc2ncc(-c3cc(F)c4[nH]ccc4c3)cc2N1CCN1CCOCC1. The zero-order chi connectivity index (χ0) is 19.1. The molecule has 4 heterocycles. The number of H-pyrrole nitrogens is 1. The van der Waals surface area contributed by atoms with Crippen LogP contribution in [0.1, 0.15) is 5.69 Å². The summed E-state index contributed by atoms with van der Waals surface area (Å²) in [5, 5.41) is 0.816. The third kappa shape index (κ3) is 3.06. The van der Waals surface area contributed by atoms with Gasteiger partial charge in [0, 0.05) is 49.5 Å². The average Bonchev–Trinajstić information content (AvgIpc) is 3.30. The molecule has 1 fully saturated rings. The Morgan fingerprint density at radius 1 is 1.14 bits per heavy atom. The minimum atomic E-state index is -0.293. The standard InChI is InChI=1S/C21H21FN4O2/c22-17-10-15(9-14-1-2-23-21(14)17)16-11-19-18(24-13-16)12-20(27)26(19)4-3-25-5-7-28-8-6-25/h1-2,9-11,13,23H,3-8,12H2. The number of nitrogens with zero attached hydrogens (tertiary/aromatic N) is 3. The van der Waals surface area contributed by atoms with E-state index < -0.39 is 0 Å². The van der Waals surface area contributed by atoms with Crippen LogP contribution in [0.4, 0.5) is 10.1 Å². The number of hydrogen-bond donors (Lipinski definition) is 1. The first-order valence-corrected chi connectivity index (χ1v) is 9.55. The molecule has 0 bridgehead atoms. The first kappa shape index (κ1) is 17.3. The molecular formula is C21H21FN4O2. The predicted octanol–water partition coefficient (Wildman–Crippen LogP) is 2.59. The van der Waals surface area contributed by atoms with Gasteiger partial charge in [-0.05, 0) is 29.8 Å². The molecule has 2 aliphatic rings. The quantitative estimate of drug-likeness (QED) is 0.756. The molecular weight excluding hydrogens is 359 g/mol. The molecule has 0 atom stereocenters. The van der Waals surface area contributed by atoms with Crippen molar-refractivity contribution in [3.8, 4) is 11.1 Å². The highest BCUT2D eigenvalue weighted by Crippen LogP contribution is 2.33. The van der Waals surface area contributed by atoms with Crippen molar-refractivity contribution in [2.24, 2.45) is 0 Å². The van der Waals surface area contributed by atoms with Crippen LogP contribution in [0, 0.1) is 5.82 Å². The number of hydrogen-bond acceptors (Lipinski definition) is 4. The van der Waals surface area contributed by atoms with Gasteiger partial charge in [0.2, 0.25) is 5.91 Å². The Morgan fingerprint density at radius 2 is 2.00 bits per heavy atom. The fourth-order valence-electron chi connectivity index (χ4n) is 3.99. The molecule has 0 saturated carbocycles. The lowest BCUT2D eigenvalue weighted by molar-refractivity contribution is -0.117. The van der Waals surface area contributed by atoms with E-state index in [2.05, 4.69) is 14.9 Å². The number of halogens is 1. The molecule has 6 nitrogen and oxygen atoms in total. The molecule has 0 aliphatic carbocycles. The van der Waals surface area contributed by atoms with Crippen LogP contribution in [0.25, 0.3) is 22.0 Å². The average molecular weight is 380 g/mol. The van der Waals surface area contributed by atoms with E-state index in [1.165, 1.54) is 6.07 Å². The number of pyridine rings is 1. The fourth-order valence-corrected chi connectivity index (χ4v) is 3.99. The predicted molar refractivity (Wildman–Crippen MR) is 105 cm³/mol. The van der Waals surface area contributed by atoms with E-state index in [9.17, 15) is 9.18 Å². The zero-order valence-electron chi connectivity index (χ0n) is 15.4. The van der Waals surface area contributed by atoms with Crippen LogP contribution >= 0.6 is 0 Å². The van der Waals surface area contributed by atoms with E-state index in [1.807, 2.05) is 23.1 Å². The van der Waals surface area contributed by atoms with Gasteiger partial charge in [0.25, 0.3) is 0 Å². The van der Waals surface area contributed by atoms with Crippen LogP contribution in [0.5, 0.6) is 0 Å². The Kier molecular flexibility index (Phi) is 4.33. The van der Waals surface area contributed by atoms with Crippen molar-refractivity contribution in [1.29, 1.82) is 0 Å². The summed E-state index contributed by atoms with van der Waals surface area (Å²) in [5.74, 6) is -0.224. The monoisotopic (exact) mass is 380 g/mol. The fraction of sp³-hybridized carbons (Fsp3) is 0.333. The number of aromatic nitrogens is 2. The van der Waals surface area contributed by atoms with Gasteiger partial charge < -0.3 is 14.6 Å². The van der Waals surface area contributed by atoms with Crippen LogP contribution in [0.15, 0.2) is 36.7 Å². The van der Waals surface area contributed by atoms with Gasteiger partial charge in [0.1, 0.15) is 5.82 Å². The van der Waals surface area contributed by atoms with Gasteiger partial charge in [-0.2, -0.15) is 0 Å². The lowest BCUT2D eigenvalue weighted by atomic mass is 10.0. The number of morpholine rings is 1. The van der Waals surface area contributed by atoms with Crippen molar-refractivity contribution in [3.63, 3.8) is 0 Å². The number of aromatic amines is 1. The molecule has 1 saturated heterocycles. The number of fused-ring (bicyclic) bond motifs is 2. The van der Waals surface area contributed by atoms with E-state index in [0.717, 1.165) is 60.7 Å². The van der Waals surface area contributed by atoms with Gasteiger partial charge in [-0.3, -0.25) is 14.7 Å². The molecule has 144 valence electrons. The second kappa shape index (κ2) is 7.00. The number of carbonyl (C=O) groups is 1. The van der Waals surface area contributed by atoms with Crippen molar-refractivity contribution >= 4 is 22.5 Å². The highest BCUT2D eigenvalue weighted by molar-refractivity contribution is 6.01. The molecule has 0 radical (unpaired) electrons. The first-order valence-electron chi connectivity index (χ1n) is 9.55. The van der Waals surface area contributed by atoms with Crippen molar-refractivity contribution in [1.82, 2.24) is 14.9 Å². The summed E-state index contributed by atoms with van der Waals surface area (Å²) in [6, 6.07) is 7.25. The minimum Gasteiger partial charge on any atom is -0.379 e. The number of rotatable bonds is 4. The normalized spacial score (nSPS) is 17.5. The Labute approximate surface area is 161 Å². The van der Waals surface area contributed by atoms with E-state index >= 15 is 0 Å². The zero-order valence-corrected chi connectivity index (χ0v) is 15.4. The maximum atomic E-state index is 14.4. The molecule has 28 heavy (non-hydrogen) atoms. The number of nitrogens with one attached hydrogen (secondary N) is 1. The molecule has 2 aliphatic heterocycles. The second-order valence-corrected chi connectivity index (χ2v) is 7.27. The maximum Gasteiger partial charge on any atom is 0.233 e. The largest absolute Gasteiger partial charge is 0.379 e. The molecule has 0 spiro atoms. The highest BCUT2D eigenvalue weighted by atomic mass is 19.1. The molecule has 1 amide bonds. The Bertz CT molecular complexity index is 1040. The smallest absolute Gasteiger partial charge is 0.233 e. The maximum absolute atomic E-state index is 14.4. The summed E-state index contributed by atoms with van der Waals surface area (Å²) in [6.07, 6.45) is 3.78. The highest BCUT2D eigenvalue weighted by Gasteiger charge is 2.29. The van der Waals surface area contributed by atoms with Crippen molar-refractivity contribution in [2.45, 2.75) is 6.42 Å². The van der Waals surface area contributed by atoms with Gasteiger partial charge in [-0.25, -0.2) is 4.39 Å². The second-order valence-electron chi connectivity index (χ2n) is 7.27. The summed E-state index contributed by atoms with van der Waals surface area (Å²) >= 11 is 0. The minimum absolute atomic E-state index is 0.0696. The van der Waals surface area contributed by atoms with Crippen LogP contribution in [-0.4, -0.2) is 60.2 Å². The van der Waals surface area contributed by atoms with Crippen molar-refractivity contribution < 1.29 is 13.9 Å². The summed E-state index contributed by atoms with van der Waals surface area (Å²) < 4.78 is 19.8. The number of carbonyl (C=O) groups excluding carboxylic acids is 1. The van der Waals surface area contributed by atoms with Gasteiger partial charge in [-0.15, -0.1) is 0 Å². The molecule has 7 heteroatoms. The number of benzene rings is 1. The van der Waals surface area contributed by atoms with Crippen LogP contribution in [0.3, 0.4) is 0 Å². The first-order chi connectivity index (χ1) is 13.7. The topological polar surface area (TPSA) is 61.5 Å². The Hall–Kier alpha value is -2.77. The summed E-state index contributed by atoms with van der Waals surface area (Å²) in [6.45, 7) is 4.70. The van der Waals surface area contributed by atoms with Crippen LogP contribution < -0.4 is 4.90 Å². The third-order valence-electron chi connectivity index (χ3n) is 5.55. The lowest BCUT2D eigenvalue weighted by Gasteiger charge is -2.28. The summed E-state index contributed by atoms with van der Waals surface area (Å²) in [7, 11) is 0. The molecule has 3 aromatic rings. The number of amides is 1. The molecule has 0 unspecified atom stereocenters. The van der Waals surface area contributed by atoms with E-state index in [-0.39, 0.29) is 11.7 Å². The molecule has 5 rings (SSSR count).